The van der Waals surface area contributed by atoms with E-state index in [1.54, 1.807) is 24.3 Å². The SMILES string of the molecule is CC(C(=O)Nc1cc(Oc2ccc(Cl)cc2)cc([N+](=O)[O-])c1)n1nccc1C(=O)O. The van der Waals surface area contributed by atoms with Crippen LogP contribution in [0.4, 0.5) is 11.4 Å². The number of carbonyl (C=O) groups is 2. The Hall–Kier alpha value is -3.92. The predicted molar refractivity (Wildman–Crippen MR) is 107 cm³/mol. The number of ether oxygens (including phenoxy) is 1. The Bertz CT molecular complexity index is 1110. The number of hydrogen-bond acceptors (Lipinski definition) is 6. The number of rotatable bonds is 7. The molecule has 3 aromatic rings. The van der Waals surface area contributed by atoms with Crippen LogP contribution in [0.3, 0.4) is 0 Å². The number of halogens is 1. The van der Waals surface area contributed by atoms with E-state index in [1.165, 1.54) is 37.4 Å². The number of nitrogens with one attached hydrogen (secondary N) is 1. The Morgan fingerprint density at radius 3 is 2.53 bits per heavy atom. The van der Waals surface area contributed by atoms with Crippen molar-refractivity contribution in [3.8, 4) is 11.5 Å². The highest BCUT2D eigenvalue weighted by molar-refractivity contribution is 6.30. The third kappa shape index (κ3) is 4.73. The molecule has 0 aliphatic rings. The third-order valence-electron chi connectivity index (χ3n) is 4.05. The Labute approximate surface area is 174 Å². The number of benzene rings is 2. The van der Waals surface area contributed by atoms with Gasteiger partial charge in [-0.15, -0.1) is 0 Å². The minimum atomic E-state index is -1.24. The van der Waals surface area contributed by atoms with Gasteiger partial charge in [0.15, 0.2) is 0 Å². The number of carboxylic acid groups (broad SMARTS) is 1. The van der Waals surface area contributed by atoms with Crippen LogP contribution in [0.15, 0.2) is 54.7 Å². The normalized spacial score (nSPS) is 11.5. The maximum atomic E-state index is 12.6. The number of anilines is 1. The molecule has 1 aromatic heterocycles. The quantitative estimate of drug-likeness (QED) is 0.424. The van der Waals surface area contributed by atoms with Gasteiger partial charge < -0.3 is 15.2 Å². The molecule has 1 heterocycles. The number of carbonyl (C=O) groups excluding carboxylic acids is 1. The molecule has 0 aliphatic heterocycles. The van der Waals surface area contributed by atoms with Gasteiger partial charge in [0.05, 0.1) is 16.7 Å². The van der Waals surface area contributed by atoms with Crippen molar-refractivity contribution in [2.24, 2.45) is 0 Å². The van der Waals surface area contributed by atoms with Crippen molar-refractivity contribution < 1.29 is 24.4 Å². The monoisotopic (exact) mass is 430 g/mol. The molecule has 3 rings (SSSR count). The third-order valence-corrected chi connectivity index (χ3v) is 4.31. The summed E-state index contributed by atoms with van der Waals surface area (Å²) in [4.78, 5) is 34.5. The highest BCUT2D eigenvalue weighted by Gasteiger charge is 2.22. The summed E-state index contributed by atoms with van der Waals surface area (Å²) in [6, 6.07) is 10.4. The van der Waals surface area contributed by atoms with Gasteiger partial charge in [-0.1, -0.05) is 11.6 Å². The standard InChI is InChI=1S/C19H15ClN4O6/c1-11(23-17(19(26)27)6-7-21-23)18(25)22-13-8-14(24(28)29)10-16(9-13)30-15-4-2-12(20)3-5-15/h2-11H,1H3,(H,22,25)(H,26,27). The van der Waals surface area contributed by atoms with Gasteiger partial charge in [0.2, 0.25) is 5.91 Å². The summed E-state index contributed by atoms with van der Waals surface area (Å²) in [5.74, 6) is -1.33. The van der Waals surface area contributed by atoms with Crippen LogP contribution in [-0.2, 0) is 4.79 Å². The highest BCUT2D eigenvalue weighted by atomic mass is 35.5. The van der Waals surface area contributed by atoms with E-state index in [2.05, 4.69) is 10.4 Å². The van der Waals surface area contributed by atoms with E-state index in [0.717, 1.165) is 4.68 Å². The topological polar surface area (TPSA) is 137 Å². The van der Waals surface area contributed by atoms with E-state index in [-0.39, 0.29) is 22.8 Å². The van der Waals surface area contributed by atoms with E-state index < -0.39 is 22.8 Å². The Morgan fingerprint density at radius 1 is 1.20 bits per heavy atom. The van der Waals surface area contributed by atoms with Crippen molar-refractivity contribution >= 4 is 34.9 Å². The molecule has 10 nitrogen and oxygen atoms in total. The number of nitro groups is 1. The van der Waals surface area contributed by atoms with E-state index in [4.69, 9.17) is 16.3 Å². The van der Waals surface area contributed by atoms with Crippen molar-refractivity contribution in [3.63, 3.8) is 0 Å². The van der Waals surface area contributed by atoms with Gasteiger partial charge in [-0.2, -0.15) is 5.10 Å². The lowest BCUT2D eigenvalue weighted by Gasteiger charge is -2.15. The summed E-state index contributed by atoms with van der Waals surface area (Å²) in [5.41, 5.74) is -0.354. The van der Waals surface area contributed by atoms with Crippen LogP contribution in [-0.4, -0.2) is 31.7 Å². The van der Waals surface area contributed by atoms with E-state index in [1.807, 2.05) is 0 Å². The molecule has 1 amide bonds. The van der Waals surface area contributed by atoms with Crippen LogP contribution >= 0.6 is 11.6 Å². The average Bonchev–Trinajstić information content (AvgIpc) is 3.19. The zero-order valence-electron chi connectivity index (χ0n) is 15.5. The van der Waals surface area contributed by atoms with Crippen molar-refractivity contribution in [3.05, 3.63) is 75.6 Å². The van der Waals surface area contributed by atoms with Crippen LogP contribution in [0.5, 0.6) is 11.5 Å². The van der Waals surface area contributed by atoms with Gasteiger partial charge in [-0.25, -0.2) is 9.48 Å². The largest absolute Gasteiger partial charge is 0.477 e. The summed E-state index contributed by atoms with van der Waals surface area (Å²) in [6.07, 6.45) is 1.26. The van der Waals surface area contributed by atoms with Gasteiger partial charge >= 0.3 is 5.97 Å². The second-order valence-electron chi connectivity index (χ2n) is 6.16. The summed E-state index contributed by atoms with van der Waals surface area (Å²) in [6.45, 7) is 1.46. The molecule has 0 fully saturated rings. The second-order valence-corrected chi connectivity index (χ2v) is 6.60. The number of non-ortho nitro benzene ring substituents is 1. The first-order chi connectivity index (χ1) is 14.2. The molecule has 0 spiro atoms. The van der Waals surface area contributed by atoms with Gasteiger partial charge in [-0.05, 0) is 37.3 Å². The number of nitrogens with zero attached hydrogens (tertiary/aromatic N) is 3. The van der Waals surface area contributed by atoms with E-state index >= 15 is 0 Å². The number of carboxylic acids is 1. The zero-order valence-corrected chi connectivity index (χ0v) is 16.2. The Balaban J connectivity index is 1.85. The molecule has 2 N–H and O–H groups in total. The Kier molecular flexibility index (Phi) is 5.98. The predicted octanol–water partition coefficient (Wildman–Crippen LogP) is 4.13. The smallest absolute Gasteiger partial charge is 0.354 e. The lowest BCUT2D eigenvalue weighted by molar-refractivity contribution is -0.384. The summed E-state index contributed by atoms with van der Waals surface area (Å²) < 4.78 is 6.66. The van der Waals surface area contributed by atoms with Crippen molar-refractivity contribution in [1.82, 2.24) is 9.78 Å². The maximum absolute atomic E-state index is 12.6. The average molecular weight is 431 g/mol. The summed E-state index contributed by atoms with van der Waals surface area (Å²) in [7, 11) is 0. The first kappa shape index (κ1) is 20.8. The Morgan fingerprint density at radius 2 is 1.90 bits per heavy atom. The fourth-order valence-corrected chi connectivity index (χ4v) is 2.73. The molecule has 0 aliphatic carbocycles. The molecule has 0 saturated carbocycles. The molecule has 1 atom stereocenters. The van der Waals surface area contributed by atoms with Crippen LogP contribution < -0.4 is 10.1 Å². The first-order valence-electron chi connectivity index (χ1n) is 8.55. The zero-order chi connectivity index (χ0) is 21.8. The highest BCUT2D eigenvalue weighted by Crippen LogP contribution is 2.30. The van der Waals surface area contributed by atoms with Crippen LogP contribution in [0, 0.1) is 10.1 Å². The van der Waals surface area contributed by atoms with E-state index in [9.17, 15) is 24.8 Å². The second kappa shape index (κ2) is 8.62. The van der Waals surface area contributed by atoms with Gasteiger partial charge in [0, 0.05) is 23.4 Å². The molecule has 30 heavy (non-hydrogen) atoms. The fraction of sp³-hybridized carbons (Fsp3) is 0.105. The number of aromatic carboxylic acids is 1. The van der Waals surface area contributed by atoms with Crippen molar-refractivity contribution in [2.75, 3.05) is 5.32 Å². The molecule has 1 unspecified atom stereocenters. The van der Waals surface area contributed by atoms with E-state index in [0.29, 0.717) is 10.8 Å². The lowest BCUT2D eigenvalue weighted by Crippen LogP contribution is -2.26. The van der Waals surface area contributed by atoms with Gasteiger partial charge in [-0.3, -0.25) is 14.9 Å². The van der Waals surface area contributed by atoms with Crippen molar-refractivity contribution in [1.29, 1.82) is 0 Å². The van der Waals surface area contributed by atoms with Crippen LogP contribution in [0.2, 0.25) is 5.02 Å². The summed E-state index contributed by atoms with van der Waals surface area (Å²) in [5, 5.41) is 27.3. The van der Waals surface area contributed by atoms with Gasteiger partial charge in [0.25, 0.3) is 5.69 Å². The van der Waals surface area contributed by atoms with Crippen LogP contribution in [0.1, 0.15) is 23.5 Å². The number of nitro benzene ring substituents is 1. The molecule has 0 saturated heterocycles. The number of hydrogen-bond donors (Lipinski definition) is 2. The van der Waals surface area contributed by atoms with Crippen molar-refractivity contribution in [2.45, 2.75) is 13.0 Å². The lowest BCUT2D eigenvalue weighted by atomic mass is 10.2. The maximum Gasteiger partial charge on any atom is 0.354 e. The minimum absolute atomic E-state index is 0.106. The first-order valence-corrected chi connectivity index (χ1v) is 8.93. The molecule has 11 heteroatoms. The molecule has 0 radical (unpaired) electrons. The van der Waals surface area contributed by atoms with Gasteiger partial charge in [0.1, 0.15) is 23.2 Å². The molecule has 154 valence electrons. The summed E-state index contributed by atoms with van der Waals surface area (Å²) >= 11 is 5.83. The number of aromatic nitrogens is 2. The molecule has 2 aromatic carbocycles. The minimum Gasteiger partial charge on any atom is -0.477 e. The number of amides is 1. The molecule has 0 bridgehead atoms. The molecular formula is C19H15ClN4O6. The fourth-order valence-electron chi connectivity index (χ4n) is 2.61. The molecular weight excluding hydrogens is 416 g/mol. The van der Waals surface area contributed by atoms with Crippen LogP contribution in [0.25, 0.3) is 0 Å².